The first-order chi connectivity index (χ1) is 13.9. The maximum Gasteiger partial charge on any atom is 0.224 e. The molecular formula is C22H22N4O2S. The number of rotatable bonds is 4. The third-order valence-corrected chi connectivity index (χ3v) is 6.01. The van der Waals surface area contributed by atoms with Crippen molar-refractivity contribution in [3.05, 3.63) is 59.8 Å². The van der Waals surface area contributed by atoms with Crippen molar-refractivity contribution in [2.75, 3.05) is 10.2 Å². The molecule has 0 aliphatic carbocycles. The molecule has 0 bridgehead atoms. The van der Waals surface area contributed by atoms with Gasteiger partial charge in [-0.15, -0.1) is 5.10 Å². The highest BCUT2D eigenvalue weighted by atomic mass is 32.1. The number of anilines is 2. The van der Waals surface area contributed by atoms with Gasteiger partial charge >= 0.3 is 0 Å². The number of amides is 1. The summed E-state index contributed by atoms with van der Waals surface area (Å²) < 4.78 is 3.91. The van der Waals surface area contributed by atoms with E-state index in [0.717, 1.165) is 33.8 Å². The summed E-state index contributed by atoms with van der Waals surface area (Å²) >= 11 is 1.36. The molecule has 29 heavy (non-hydrogen) atoms. The minimum atomic E-state index is 0.00539. The molecule has 0 saturated heterocycles. The molecule has 0 spiro atoms. The zero-order chi connectivity index (χ0) is 20.5. The van der Waals surface area contributed by atoms with Crippen LogP contribution >= 0.6 is 11.5 Å². The lowest BCUT2D eigenvalue weighted by Gasteiger charge is -2.39. The zero-order valence-corrected chi connectivity index (χ0v) is 17.4. The number of carbonyl (C=O) groups excluding carboxylic acids is 2. The van der Waals surface area contributed by atoms with Gasteiger partial charge in [-0.05, 0) is 73.3 Å². The highest BCUT2D eigenvalue weighted by Crippen LogP contribution is 2.40. The summed E-state index contributed by atoms with van der Waals surface area (Å²) in [6.45, 7) is 5.20. The highest BCUT2D eigenvalue weighted by Gasteiger charge is 2.32. The normalized spacial score (nSPS) is 18.2. The van der Waals surface area contributed by atoms with Crippen molar-refractivity contribution >= 4 is 34.6 Å². The lowest BCUT2D eigenvalue weighted by molar-refractivity contribution is -0.117. The van der Waals surface area contributed by atoms with Crippen LogP contribution in [-0.4, -0.2) is 27.3 Å². The van der Waals surface area contributed by atoms with Gasteiger partial charge in [0.1, 0.15) is 0 Å². The van der Waals surface area contributed by atoms with Gasteiger partial charge in [0, 0.05) is 29.9 Å². The van der Waals surface area contributed by atoms with Crippen LogP contribution in [0.4, 0.5) is 11.4 Å². The highest BCUT2D eigenvalue weighted by molar-refractivity contribution is 7.09. The van der Waals surface area contributed by atoms with Gasteiger partial charge in [-0.2, -0.15) is 0 Å². The van der Waals surface area contributed by atoms with E-state index < -0.39 is 0 Å². The lowest BCUT2D eigenvalue weighted by Crippen LogP contribution is -2.43. The Kier molecular flexibility index (Phi) is 5.15. The smallest absolute Gasteiger partial charge is 0.224 e. The fourth-order valence-corrected chi connectivity index (χ4v) is 4.44. The van der Waals surface area contributed by atoms with Crippen LogP contribution in [0, 0.1) is 0 Å². The van der Waals surface area contributed by atoms with Crippen LogP contribution in [0.25, 0.3) is 10.4 Å². The lowest BCUT2D eigenvalue weighted by atomic mass is 9.89. The summed E-state index contributed by atoms with van der Waals surface area (Å²) in [5.41, 5.74) is 4.55. The van der Waals surface area contributed by atoms with Crippen LogP contribution in [0.1, 0.15) is 49.2 Å². The first-order valence-electron chi connectivity index (χ1n) is 9.53. The van der Waals surface area contributed by atoms with Crippen LogP contribution in [-0.2, 0) is 4.79 Å². The summed E-state index contributed by atoms with van der Waals surface area (Å²) in [6.07, 6.45) is 2.51. The number of ketones is 1. The van der Waals surface area contributed by atoms with Gasteiger partial charge in [0.25, 0.3) is 0 Å². The fraction of sp³-hybridized carbons (Fsp3) is 0.273. The Hall–Kier alpha value is -3.06. The predicted octanol–water partition coefficient (Wildman–Crippen LogP) is 4.71. The molecule has 1 aliphatic heterocycles. The Balaban J connectivity index is 1.66. The van der Waals surface area contributed by atoms with Crippen molar-refractivity contribution in [1.82, 2.24) is 9.59 Å². The van der Waals surface area contributed by atoms with Gasteiger partial charge in [0.05, 0.1) is 17.1 Å². The second-order valence-corrected chi connectivity index (χ2v) is 8.15. The Bertz CT molecular complexity index is 1050. The molecule has 2 unspecified atom stereocenters. The van der Waals surface area contributed by atoms with E-state index in [-0.39, 0.29) is 23.8 Å². The minimum Gasteiger partial charge on any atom is -0.378 e. The van der Waals surface area contributed by atoms with E-state index in [1.165, 1.54) is 11.5 Å². The molecule has 0 fully saturated rings. The van der Waals surface area contributed by atoms with Gasteiger partial charge in [-0.1, -0.05) is 16.6 Å². The zero-order valence-electron chi connectivity index (χ0n) is 16.5. The summed E-state index contributed by atoms with van der Waals surface area (Å²) in [5, 5.41) is 7.47. The SMILES string of the molecule is CC(=O)c1ccc2c(c1)C(Nc1ccc(-c3cnns3)cc1)CC(C)N2C(C)=O. The molecule has 2 atom stereocenters. The fourth-order valence-electron chi connectivity index (χ4n) is 3.93. The van der Waals surface area contributed by atoms with Crippen LogP contribution in [0.5, 0.6) is 0 Å². The van der Waals surface area contributed by atoms with Gasteiger partial charge in [0.2, 0.25) is 5.91 Å². The molecule has 1 N–H and O–H groups in total. The van der Waals surface area contributed by atoms with E-state index in [9.17, 15) is 9.59 Å². The first kappa shape index (κ1) is 19.3. The molecule has 6 nitrogen and oxygen atoms in total. The summed E-state index contributed by atoms with van der Waals surface area (Å²) in [5.74, 6) is 0.0253. The summed E-state index contributed by atoms with van der Waals surface area (Å²) in [7, 11) is 0. The van der Waals surface area contributed by atoms with Crippen LogP contribution < -0.4 is 10.2 Å². The Labute approximate surface area is 173 Å². The Morgan fingerprint density at radius 3 is 2.52 bits per heavy atom. The van der Waals surface area contributed by atoms with Crippen LogP contribution in [0.3, 0.4) is 0 Å². The van der Waals surface area contributed by atoms with Crippen molar-refractivity contribution in [2.24, 2.45) is 0 Å². The number of nitrogens with one attached hydrogen (secondary N) is 1. The molecule has 148 valence electrons. The van der Waals surface area contributed by atoms with Gasteiger partial charge in [-0.3, -0.25) is 9.59 Å². The largest absolute Gasteiger partial charge is 0.378 e. The molecule has 1 aromatic heterocycles. The quantitative estimate of drug-likeness (QED) is 0.635. The molecule has 2 heterocycles. The number of nitrogens with zero attached hydrogens (tertiary/aromatic N) is 3. The predicted molar refractivity (Wildman–Crippen MR) is 115 cm³/mol. The molecule has 0 saturated carbocycles. The molecule has 0 radical (unpaired) electrons. The Morgan fingerprint density at radius 1 is 1.14 bits per heavy atom. The van der Waals surface area contributed by atoms with Crippen molar-refractivity contribution in [2.45, 2.75) is 39.3 Å². The molecule has 1 aliphatic rings. The van der Waals surface area contributed by atoms with Crippen molar-refractivity contribution in [3.8, 4) is 10.4 Å². The van der Waals surface area contributed by atoms with E-state index in [1.54, 1.807) is 26.1 Å². The van der Waals surface area contributed by atoms with Gasteiger partial charge in [-0.25, -0.2) is 0 Å². The van der Waals surface area contributed by atoms with Crippen LogP contribution in [0.15, 0.2) is 48.7 Å². The topological polar surface area (TPSA) is 75.2 Å². The van der Waals surface area contributed by atoms with E-state index in [2.05, 4.69) is 21.8 Å². The van der Waals surface area contributed by atoms with E-state index in [1.807, 2.05) is 41.3 Å². The van der Waals surface area contributed by atoms with E-state index in [0.29, 0.717) is 5.56 Å². The number of hydrogen-bond donors (Lipinski definition) is 1. The molecule has 3 aromatic rings. The van der Waals surface area contributed by atoms with Crippen molar-refractivity contribution < 1.29 is 9.59 Å². The number of Topliss-reactive ketones (excluding diaryl/α,β-unsaturated/α-hetero) is 1. The Morgan fingerprint density at radius 2 is 1.90 bits per heavy atom. The van der Waals surface area contributed by atoms with Gasteiger partial charge < -0.3 is 10.2 Å². The monoisotopic (exact) mass is 406 g/mol. The molecule has 2 aromatic carbocycles. The van der Waals surface area contributed by atoms with Gasteiger partial charge in [0.15, 0.2) is 5.78 Å². The van der Waals surface area contributed by atoms with Crippen LogP contribution in [0.2, 0.25) is 0 Å². The van der Waals surface area contributed by atoms with E-state index in [4.69, 9.17) is 0 Å². The summed E-state index contributed by atoms with van der Waals surface area (Å²) in [6, 6.07) is 13.8. The number of fused-ring (bicyclic) bond motifs is 1. The average molecular weight is 407 g/mol. The first-order valence-corrected chi connectivity index (χ1v) is 10.3. The third-order valence-electron chi connectivity index (χ3n) is 5.30. The number of hydrogen-bond acceptors (Lipinski definition) is 6. The maximum absolute atomic E-state index is 12.2. The van der Waals surface area contributed by atoms with Crippen molar-refractivity contribution in [3.63, 3.8) is 0 Å². The molecule has 4 rings (SSSR count). The average Bonchev–Trinajstić information content (AvgIpc) is 3.22. The number of aromatic nitrogens is 2. The number of benzene rings is 2. The maximum atomic E-state index is 12.2. The number of carbonyl (C=O) groups is 2. The molecule has 7 heteroatoms. The second-order valence-electron chi connectivity index (χ2n) is 7.36. The third kappa shape index (κ3) is 3.78. The summed E-state index contributed by atoms with van der Waals surface area (Å²) in [4.78, 5) is 27.0. The molecule has 1 amide bonds. The molecular weight excluding hydrogens is 384 g/mol. The standard InChI is InChI=1S/C22H22N4O2S/c1-13-10-20(24-18-7-4-16(5-8-18)22-12-23-25-29-22)19-11-17(14(2)27)6-9-21(19)26(13)15(3)28/h4-9,11-13,20,24H,10H2,1-3H3. The van der Waals surface area contributed by atoms with Crippen molar-refractivity contribution in [1.29, 1.82) is 0 Å². The van der Waals surface area contributed by atoms with E-state index >= 15 is 0 Å². The second kappa shape index (κ2) is 7.75. The minimum absolute atomic E-state index is 0.00539.